The van der Waals surface area contributed by atoms with Crippen molar-refractivity contribution in [3.05, 3.63) is 12.2 Å². The van der Waals surface area contributed by atoms with Crippen molar-refractivity contribution in [2.75, 3.05) is 19.6 Å². The SMILES string of the molecule is C/C=C/CN1CC(C)(C)NCC1C1CC1. The minimum absolute atomic E-state index is 0.285. The third-order valence-electron chi connectivity index (χ3n) is 3.60. The zero-order chi connectivity index (χ0) is 10.9. The van der Waals surface area contributed by atoms with Gasteiger partial charge >= 0.3 is 0 Å². The molecular weight excluding hydrogens is 184 g/mol. The summed E-state index contributed by atoms with van der Waals surface area (Å²) < 4.78 is 0. The molecule has 0 aromatic heterocycles. The minimum atomic E-state index is 0.285. The maximum absolute atomic E-state index is 3.67. The number of nitrogens with zero attached hydrogens (tertiary/aromatic N) is 1. The largest absolute Gasteiger partial charge is 0.309 e. The van der Waals surface area contributed by atoms with Crippen molar-refractivity contribution in [1.29, 1.82) is 0 Å². The molecule has 2 aliphatic rings. The first-order valence-electron chi connectivity index (χ1n) is 6.22. The Balaban J connectivity index is 1.98. The van der Waals surface area contributed by atoms with Crippen molar-refractivity contribution >= 4 is 0 Å². The van der Waals surface area contributed by atoms with E-state index in [0.717, 1.165) is 18.5 Å². The number of hydrogen-bond donors (Lipinski definition) is 1. The molecular formula is C13H24N2. The van der Waals surface area contributed by atoms with Crippen LogP contribution >= 0.6 is 0 Å². The second-order valence-electron chi connectivity index (χ2n) is 5.67. The predicted molar refractivity (Wildman–Crippen MR) is 65.0 cm³/mol. The fourth-order valence-electron chi connectivity index (χ4n) is 2.58. The van der Waals surface area contributed by atoms with E-state index in [-0.39, 0.29) is 5.54 Å². The lowest BCUT2D eigenvalue weighted by atomic mass is 9.96. The van der Waals surface area contributed by atoms with Crippen molar-refractivity contribution in [2.24, 2.45) is 5.92 Å². The van der Waals surface area contributed by atoms with Gasteiger partial charge in [-0.05, 0) is 39.5 Å². The van der Waals surface area contributed by atoms with Crippen LogP contribution in [0, 0.1) is 5.92 Å². The summed E-state index contributed by atoms with van der Waals surface area (Å²) in [5.74, 6) is 0.971. The van der Waals surface area contributed by atoms with Crippen LogP contribution in [0.2, 0.25) is 0 Å². The summed E-state index contributed by atoms with van der Waals surface area (Å²) in [7, 11) is 0. The molecule has 0 bridgehead atoms. The molecule has 0 aromatic carbocycles. The molecule has 0 spiro atoms. The molecule has 2 heteroatoms. The van der Waals surface area contributed by atoms with Gasteiger partial charge in [-0.1, -0.05) is 12.2 Å². The number of nitrogens with one attached hydrogen (secondary N) is 1. The van der Waals surface area contributed by atoms with E-state index in [1.54, 1.807) is 0 Å². The molecule has 1 heterocycles. The Morgan fingerprint density at radius 1 is 1.40 bits per heavy atom. The summed E-state index contributed by atoms with van der Waals surface area (Å²) in [6, 6.07) is 0.786. The molecule has 1 unspecified atom stereocenters. The summed E-state index contributed by atoms with van der Waals surface area (Å²) in [5, 5.41) is 3.67. The van der Waals surface area contributed by atoms with Crippen LogP contribution in [0.5, 0.6) is 0 Å². The Bertz CT molecular complexity index is 241. The van der Waals surface area contributed by atoms with Gasteiger partial charge in [0.05, 0.1) is 0 Å². The lowest BCUT2D eigenvalue weighted by molar-refractivity contribution is 0.0945. The summed E-state index contributed by atoms with van der Waals surface area (Å²) >= 11 is 0. The van der Waals surface area contributed by atoms with Crippen LogP contribution < -0.4 is 5.32 Å². The highest BCUT2D eigenvalue weighted by molar-refractivity contribution is 5.00. The Hall–Kier alpha value is -0.340. The first-order chi connectivity index (χ1) is 7.12. The average Bonchev–Trinajstić information content (AvgIpc) is 2.97. The van der Waals surface area contributed by atoms with Gasteiger partial charge in [0, 0.05) is 31.2 Å². The zero-order valence-electron chi connectivity index (χ0n) is 10.3. The highest BCUT2D eigenvalue weighted by Crippen LogP contribution is 2.37. The molecule has 1 saturated carbocycles. The fraction of sp³-hybridized carbons (Fsp3) is 0.846. The highest BCUT2D eigenvalue weighted by atomic mass is 15.3. The van der Waals surface area contributed by atoms with Crippen LogP contribution in [-0.2, 0) is 0 Å². The maximum atomic E-state index is 3.67. The summed E-state index contributed by atoms with van der Waals surface area (Å²) in [6.45, 7) is 10.2. The second kappa shape index (κ2) is 4.26. The van der Waals surface area contributed by atoms with Crippen molar-refractivity contribution in [1.82, 2.24) is 10.2 Å². The van der Waals surface area contributed by atoms with E-state index in [1.807, 2.05) is 0 Å². The third kappa shape index (κ3) is 2.82. The number of rotatable bonds is 3. The maximum Gasteiger partial charge on any atom is 0.0253 e. The zero-order valence-corrected chi connectivity index (χ0v) is 10.3. The van der Waals surface area contributed by atoms with Gasteiger partial charge in [-0.25, -0.2) is 0 Å². The Labute approximate surface area is 93.7 Å². The molecule has 1 N–H and O–H groups in total. The highest BCUT2D eigenvalue weighted by Gasteiger charge is 2.40. The molecule has 1 atom stereocenters. The molecule has 0 radical (unpaired) electrons. The Kier molecular flexibility index (Phi) is 3.17. The number of allylic oxidation sites excluding steroid dienone is 1. The molecule has 1 aliphatic carbocycles. The van der Waals surface area contributed by atoms with Gasteiger partial charge in [-0.2, -0.15) is 0 Å². The van der Waals surface area contributed by atoms with E-state index < -0.39 is 0 Å². The summed E-state index contributed by atoms with van der Waals surface area (Å²) in [5.41, 5.74) is 0.285. The van der Waals surface area contributed by atoms with Crippen molar-refractivity contribution in [3.8, 4) is 0 Å². The van der Waals surface area contributed by atoms with E-state index in [0.29, 0.717) is 0 Å². The normalized spacial score (nSPS) is 32.3. The summed E-state index contributed by atoms with van der Waals surface area (Å²) in [6.07, 6.45) is 7.34. The van der Waals surface area contributed by atoms with Crippen molar-refractivity contribution in [3.63, 3.8) is 0 Å². The molecule has 2 fully saturated rings. The van der Waals surface area contributed by atoms with Gasteiger partial charge in [0.1, 0.15) is 0 Å². The van der Waals surface area contributed by atoms with Gasteiger partial charge in [-0.3, -0.25) is 4.90 Å². The fourth-order valence-corrected chi connectivity index (χ4v) is 2.58. The number of piperazine rings is 1. The van der Waals surface area contributed by atoms with E-state index in [1.165, 1.54) is 25.9 Å². The van der Waals surface area contributed by atoms with Gasteiger partial charge < -0.3 is 5.32 Å². The van der Waals surface area contributed by atoms with Crippen LogP contribution in [0.25, 0.3) is 0 Å². The van der Waals surface area contributed by atoms with E-state index in [2.05, 4.69) is 43.1 Å². The third-order valence-corrected chi connectivity index (χ3v) is 3.60. The van der Waals surface area contributed by atoms with Crippen LogP contribution in [0.3, 0.4) is 0 Å². The van der Waals surface area contributed by atoms with Gasteiger partial charge in [0.25, 0.3) is 0 Å². The standard InChI is InChI=1S/C13H24N2/c1-4-5-8-15-10-13(2,3)14-9-12(15)11-6-7-11/h4-5,11-12,14H,6-10H2,1-3H3/b5-4+. The first kappa shape index (κ1) is 11.2. The predicted octanol–water partition coefficient (Wildman–Crippen LogP) is 2.02. The molecule has 1 aliphatic heterocycles. The molecule has 1 saturated heterocycles. The molecule has 86 valence electrons. The second-order valence-corrected chi connectivity index (χ2v) is 5.67. The van der Waals surface area contributed by atoms with E-state index in [4.69, 9.17) is 0 Å². The lowest BCUT2D eigenvalue weighted by Gasteiger charge is -2.44. The van der Waals surface area contributed by atoms with E-state index >= 15 is 0 Å². The molecule has 0 aromatic rings. The summed E-state index contributed by atoms with van der Waals surface area (Å²) in [4.78, 5) is 2.66. The van der Waals surface area contributed by atoms with Gasteiger partial charge in [0.15, 0.2) is 0 Å². The molecule has 2 nitrogen and oxygen atoms in total. The first-order valence-corrected chi connectivity index (χ1v) is 6.22. The van der Waals surface area contributed by atoms with Gasteiger partial charge in [0.2, 0.25) is 0 Å². The van der Waals surface area contributed by atoms with Crippen molar-refractivity contribution in [2.45, 2.75) is 45.2 Å². The number of hydrogen-bond acceptors (Lipinski definition) is 2. The quantitative estimate of drug-likeness (QED) is 0.714. The van der Waals surface area contributed by atoms with Crippen LogP contribution in [0.1, 0.15) is 33.6 Å². The van der Waals surface area contributed by atoms with E-state index in [9.17, 15) is 0 Å². The molecule has 2 rings (SSSR count). The Morgan fingerprint density at radius 2 is 2.13 bits per heavy atom. The average molecular weight is 208 g/mol. The van der Waals surface area contributed by atoms with Crippen LogP contribution in [0.15, 0.2) is 12.2 Å². The van der Waals surface area contributed by atoms with Crippen molar-refractivity contribution < 1.29 is 0 Å². The molecule has 15 heavy (non-hydrogen) atoms. The topological polar surface area (TPSA) is 15.3 Å². The Morgan fingerprint density at radius 3 is 2.73 bits per heavy atom. The monoisotopic (exact) mass is 208 g/mol. The van der Waals surface area contributed by atoms with Crippen LogP contribution in [-0.4, -0.2) is 36.1 Å². The smallest absolute Gasteiger partial charge is 0.0253 e. The lowest BCUT2D eigenvalue weighted by Crippen LogP contribution is -2.62. The minimum Gasteiger partial charge on any atom is -0.309 e. The van der Waals surface area contributed by atoms with Crippen LogP contribution in [0.4, 0.5) is 0 Å². The molecule has 0 amide bonds. The van der Waals surface area contributed by atoms with Gasteiger partial charge in [-0.15, -0.1) is 0 Å².